The first kappa shape index (κ1) is 23.7. The highest BCUT2D eigenvalue weighted by molar-refractivity contribution is 7.99. The number of hydrogen-bond donors (Lipinski definition) is 1. The number of benzene rings is 2. The number of thioether (sulfide) groups is 1. The number of hydrogen-bond acceptors (Lipinski definition) is 7. The van der Waals surface area contributed by atoms with Crippen LogP contribution in [0, 0.1) is 6.92 Å². The summed E-state index contributed by atoms with van der Waals surface area (Å²) in [6, 6.07) is 17.5. The lowest BCUT2D eigenvalue weighted by atomic mass is 10.1. The van der Waals surface area contributed by atoms with E-state index in [2.05, 4.69) is 16.8 Å². The summed E-state index contributed by atoms with van der Waals surface area (Å²) in [6.07, 6.45) is 3.51. The summed E-state index contributed by atoms with van der Waals surface area (Å²) in [5.41, 5.74) is 2.89. The molecule has 8 heteroatoms. The van der Waals surface area contributed by atoms with Crippen molar-refractivity contribution in [3.8, 4) is 28.6 Å². The molecule has 176 valence electrons. The van der Waals surface area contributed by atoms with E-state index in [0.717, 1.165) is 29.0 Å². The monoisotopic (exact) mass is 477 g/mol. The third kappa shape index (κ3) is 5.35. The summed E-state index contributed by atoms with van der Waals surface area (Å²) in [5, 5.41) is 20.1. The van der Waals surface area contributed by atoms with Crippen LogP contribution in [0.5, 0.6) is 11.5 Å². The summed E-state index contributed by atoms with van der Waals surface area (Å²) < 4.78 is 18.7. The molecule has 1 N–H and O–H groups in total. The van der Waals surface area contributed by atoms with E-state index in [1.54, 1.807) is 13.4 Å². The zero-order valence-electron chi connectivity index (χ0n) is 19.2. The molecular formula is C26H27N3O4S. The molecule has 0 aliphatic heterocycles. The Labute approximate surface area is 203 Å². The Bertz CT molecular complexity index is 1240. The predicted octanol–water partition coefficient (Wildman–Crippen LogP) is 5.10. The number of nitrogens with zero attached hydrogens (tertiary/aromatic N) is 3. The Kier molecular flexibility index (Phi) is 7.72. The quantitative estimate of drug-likeness (QED) is 0.238. The molecule has 2 aromatic carbocycles. The van der Waals surface area contributed by atoms with Crippen molar-refractivity contribution < 1.29 is 19.0 Å². The molecule has 4 rings (SSSR count). The number of methoxy groups -OCH3 is 1. The number of aliphatic hydroxyl groups is 1. The number of aliphatic hydroxyl groups excluding tert-OH is 1. The smallest absolute Gasteiger partial charge is 0.196 e. The van der Waals surface area contributed by atoms with Crippen molar-refractivity contribution in [2.24, 2.45) is 0 Å². The van der Waals surface area contributed by atoms with Gasteiger partial charge < -0.3 is 19.0 Å². The van der Waals surface area contributed by atoms with E-state index in [4.69, 9.17) is 13.9 Å². The van der Waals surface area contributed by atoms with Crippen LogP contribution in [0.3, 0.4) is 0 Å². The number of rotatable bonds is 11. The van der Waals surface area contributed by atoms with Gasteiger partial charge >= 0.3 is 0 Å². The molecule has 34 heavy (non-hydrogen) atoms. The number of furan rings is 1. The van der Waals surface area contributed by atoms with Crippen LogP contribution >= 0.6 is 11.8 Å². The lowest BCUT2D eigenvalue weighted by Crippen LogP contribution is -2.20. The van der Waals surface area contributed by atoms with Gasteiger partial charge in [0.15, 0.2) is 22.5 Å². The summed E-state index contributed by atoms with van der Waals surface area (Å²) in [7, 11) is 1.60. The normalized spacial score (nSPS) is 11.9. The fourth-order valence-corrected chi connectivity index (χ4v) is 4.35. The summed E-state index contributed by atoms with van der Waals surface area (Å²) >= 11 is 1.41. The number of aromatic nitrogens is 3. The van der Waals surface area contributed by atoms with Gasteiger partial charge in [-0.15, -0.1) is 16.8 Å². The average molecular weight is 478 g/mol. The maximum atomic E-state index is 10.6. The maximum absolute atomic E-state index is 10.6. The minimum Gasteiger partial charge on any atom is -0.493 e. The molecule has 1 atom stereocenters. The van der Waals surface area contributed by atoms with Gasteiger partial charge in [-0.1, -0.05) is 42.1 Å². The van der Waals surface area contributed by atoms with Gasteiger partial charge in [-0.25, -0.2) is 0 Å². The molecule has 0 bridgehead atoms. The van der Waals surface area contributed by atoms with Gasteiger partial charge in [0.25, 0.3) is 0 Å². The van der Waals surface area contributed by atoms with Crippen molar-refractivity contribution in [3.63, 3.8) is 0 Å². The number of ether oxygens (including phenoxy) is 2. The van der Waals surface area contributed by atoms with Crippen LogP contribution in [-0.2, 0) is 6.42 Å². The molecule has 0 saturated heterocycles. The zero-order chi connectivity index (χ0) is 23.9. The first-order valence-corrected chi connectivity index (χ1v) is 11.9. The lowest BCUT2D eigenvalue weighted by molar-refractivity contribution is 0.124. The molecule has 0 aliphatic rings. The van der Waals surface area contributed by atoms with Crippen LogP contribution < -0.4 is 9.47 Å². The van der Waals surface area contributed by atoms with E-state index in [1.165, 1.54) is 11.8 Å². The number of para-hydroxylation sites is 1. The van der Waals surface area contributed by atoms with Crippen LogP contribution in [-0.4, -0.2) is 45.4 Å². The third-order valence-corrected chi connectivity index (χ3v) is 6.27. The first-order valence-electron chi connectivity index (χ1n) is 10.9. The highest BCUT2D eigenvalue weighted by Gasteiger charge is 2.20. The van der Waals surface area contributed by atoms with Crippen molar-refractivity contribution in [1.29, 1.82) is 0 Å². The second-order valence-electron chi connectivity index (χ2n) is 7.62. The van der Waals surface area contributed by atoms with Gasteiger partial charge in [-0.2, -0.15) is 0 Å². The molecule has 7 nitrogen and oxygen atoms in total. The Morgan fingerprint density at radius 1 is 1.15 bits per heavy atom. The second kappa shape index (κ2) is 11.1. The van der Waals surface area contributed by atoms with Crippen molar-refractivity contribution in [2.75, 3.05) is 19.5 Å². The molecular weight excluding hydrogens is 450 g/mol. The summed E-state index contributed by atoms with van der Waals surface area (Å²) in [6.45, 7) is 5.78. The van der Waals surface area contributed by atoms with Crippen LogP contribution in [0.4, 0.5) is 0 Å². The summed E-state index contributed by atoms with van der Waals surface area (Å²) in [4.78, 5) is 0. The standard InChI is InChI=1S/C26H27N3O4S/c1-4-8-19-11-12-23(24(15-19)31-3)33-16-21(30)17-34-26-28-27-25(22-13-14-32-18(22)2)29(26)20-9-6-5-7-10-20/h4-7,9-15,21,30H,1,8,16-17H2,2-3H3/t21-/m1/s1. The van der Waals surface area contributed by atoms with Gasteiger partial charge in [-0.05, 0) is 49.2 Å². The minimum atomic E-state index is -0.720. The molecule has 0 spiro atoms. The van der Waals surface area contributed by atoms with Crippen LogP contribution in [0.15, 0.2) is 83.1 Å². The molecule has 2 aromatic heterocycles. The largest absolute Gasteiger partial charge is 0.493 e. The minimum absolute atomic E-state index is 0.122. The molecule has 0 aliphatic carbocycles. The molecule has 2 heterocycles. The maximum Gasteiger partial charge on any atom is 0.196 e. The van der Waals surface area contributed by atoms with Crippen molar-refractivity contribution >= 4 is 11.8 Å². The number of aryl methyl sites for hydroxylation is 1. The Balaban J connectivity index is 1.46. The fraction of sp³-hybridized carbons (Fsp3) is 0.231. The SMILES string of the molecule is C=CCc1ccc(OC[C@@H](O)CSc2nnc(-c3ccoc3C)n2-c2ccccc2)c(OC)c1. The van der Waals surface area contributed by atoms with E-state index in [9.17, 15) is 5.11 Å². The lowest BCUT2D eigenvalue weighted by Gasteiger charge is -2.15. The Morgan fingerprint density at radius 2 is 1.97 bits per heavy atom. The Morgan fingerprint density at radius 3 is 2.68 bits per heavy atom. The molecule has 0 radical (unpaired) electrons. The van der Waals surface area contributed by atoms with Crippen LogP contribution in [0.1, 0.15) is 11.3 Å². The van der Waals surface area contributed by atoms with E-state index in [-0.39, 0.29) is 6.61 Å². The third-order valence-electron chi connectivity index (χ3n) is 5.19. The van der Waals surface area contributed by atoms with Gasteiger partial charge in [0, 0.05) is 11.4 Å². The van der Waals surface area contributed by atoms with E-state index >= 15 is 0 Å². The molecule has 4 aromatic rings. The average Bonchev–Trinajstić information content (AvgIpc) is 3.48. The van der Waals surface area contributed by atoms with E-state index < -0.39 is 6.10 Å². The topological polar surface area (TPSA) is 82.5 Å². The van der Waals surface area contributed by atoms with Crippen molar-refractivity contribution in [3.05, 3.63) is 84.8 Å². The van der Waals surface area contributed by atoms with Gasteiger partial charge in [0.2, 0.25) is 0 Å². The second-order valence-corrected chi connectivity index (χ2v) is 8.61. The number of allylic oxidation sites excluding steroid dienone is 1. The van der Waals surface area contributed by atoms with Gasteiger partial charge in [-0.3, -0.25) is 4.57 Å². The molecule has 0 saturated carbocycles. The summed E-state index contributed by atoms with van der Waals surface area (Å²) in [5.74, 6) is 3.05. The van der Waals surface area contributed by atoms with Crippen LogP contribution in [0.2, 0.25) is 0 Å². The molecule has 0 unspecified atom stereocenters. The molecule has 0 fully saturated rings. The highest BCUT2D eigenvalue weighted by atomic mass is 32.2. The fourth-order valence-electron chi connectivity index (χ4n) is 3.49. The van der Waals surface area contributed by atoms with Crippen LogP contribution in [0.25, 0.3) is 17.1 Å². The molecule has 0 amide bonds. The predicted molar refractivity (Wildman–Crippen MR) is 133 cm³/mol. The zero-order valence-corrected chi connectivity index (χ0v) is 20.0. The highest BCUT2D eigenvalue weighted by Crippen LogP contribution is 2.31. The van der Waals surface area contributed by atoms with Gasteiger partial charge in [0.1, 0.15) is 12.4 Å². The van der Waals surface area contributed by atoms with Gasteiger partial charge in [0.05, 0.1) is 25.0 Å². The first-order chi connectivity index (χ1) is 16.6. The van der Waals surface area contributed by atoms with E-state index in [0.29, 0.717) is 28.2 Å². The Hall–Kier alpha value is -3.49. The van der Waals surface area contributed by atoms with Crippen molar-refractivity contribution in [1.82, 2.24) is 14.8 Å². The van der Waals surface area contributed by atoms with Crippen molar-refractivity contribution in [2.45, 2.75) is 24.6 Å². The van der Waals surface area contributed by atoms with E-state index in [1.807, 2.05) is 72.2 Å².